The molecule has 0 aromatic carbocycles. The second-order valence-electron chi connectivity index (χ2n) is 10.3. The molecule has 0 aromatic rings. The summed E-state index contributed by atoms with van der Waals surface area (Å²) in [4.78, 5) is 10.8. The summed E-state index contributed by atoms with van der Waals surface area (Å²) in [5.41, 5.74) is 0. The minimum Gasteiger partial charge on any atom is -0.506 e. The molecule has 31 N–H and O–H groups in total. The summed E-state index contributed by atoms with van der Waals surface area (Å²) >= 11 is 0. The van der Waals surface area contributed by atoms with Crippen LogP contribution in [0.3, 0.4) is 0 Å². The molecule has 0 radical (unpaired) electrons. The fraction of sp³-hybridized carbons (Fsp3) is 0.550. The molecule has 1 unspecified atom stereocenters. The summed E-state index contributed by atoms with van der Waals surface area (Å²) in [6.45, 7) is 0. The second kappa shape index (κ2) is 13.4. The average Bonchev–Trinajstić information content (AvgIpc) is 2.99. The average molecular weight is 784 g/mol. The van der Waals surface area contributed by atoms with Gasteiger partial charge < -0.3 is 158 Å². The molecule has 1 atom stereocenters. The van der Waals surface area contributed by atoms with Crippen LogP contribution in [0.5, 0.6) is 0 Å². The number of aliphatic carboxylic acids is 1. The van der Waals surface area contributed by atoms with Crippen molar-refractivity contribution in [3.05, 3.63) is 46.1 Å². The van der Waals surface area contributed by atoms with Gasteiger partial charge in [0, 0.05) is 0 Å². The molecule has 32 heteroatoms. The van der Waals surface area contributed by atoms with E-state index in [1.807, 2.05) is 0 Å². The van der Waals surface area contributed by atoms with E-state index in [1.54, 1.807) is 0 Å². The first kappa shape index (κ1) is 47.9. The van der Waals surface area contributed by atoms with E-state index in [1.165, 1.54) is 0 Å². The molecule has 0 amide bonds. The Labute approximate surface area is 280 Å². The minimum atomic E-state index is -5.74. The van der Waals surface area contributed by atoms with E-state index in [2.05, 4.69) is 0 Å². The SMILES string of the molecule is O=C(O)C(O)(O)C(O)(O)C(O)(O)C(O)=C(O)C(O)(O)C(O)=C(O)C(O)(O)C(O)=C(O)C(O)=C(O)C(O)C(O)(O)C(O)(O)C(O)(O)C(O)(O)C(O)(O)O. The molecule has 32 nitrogen and oxygen atoms in total. The van der Waals surface area contributed by atoms with E-state index in [0.29, 0.717) is 0 Å². The largest absolute Gasteiger partial charge is 0.506 e. The van der Waals surface area contributed by atoms with Crippen molar-refractivity contribution in [1.29, 1.82) is 0 Å². The number of carbonyl (C=O) groups is 1. The van der Waals surface area contributed by atoms with Crippen LogP contribution in [-0.4, -0.2) is 228 Å². The van der Waals surface area contributed by atoms with Gasteiger partial charge in [-0.3, -0.25) is 0 Å². The van der Waals surface area contributed by atoms with Gasteiger partial charge in [0.25, 0.3) is 40.5 Å². The minimum absolute atomic E-state index is 2.85. The number of rotatable bonds is 15. The van der Waals surface area contributed by atoms with Crippen LogP contribution < -0.4 is 0 Å². The third kappa shape index (κ3) is 6.91. The predicted octanol–water partition coefficient (Wildman–Crippen LogP) is -13.5. The Morgan fingerprint density at radius 1 is 0.365 bits per heavy atom. The molecule has 304 valence electrons. The molecule has 0 rings (SSSR count). The van der Waals surface area contributed by atoms with Crippen LogP contribution in [0.4, 0.5) is 0 Å². The van der Waals surface area contributed by atoms with Crippen molar-refractivity contribution in [2.24, 2.45) is 0 Å². The lowest BCUT2D eigenvalue weighted by atomic mass is 9.84. The summed E-state index contributed by atoms with van der Waals surface area (Å²) in [7, 11) is 0. The van der Waals surface area contributed by atoms with Crippen molar-refractivity contribution in [1.82, 2.24) is 0 Å². The number of hydrogen-bond acceptors (Lipinski definition) is 31. The Kier molecular flexibility index (Phi) is 12.4. The Balaban J connectivity index is 7.35. The molecule has 0 saturated heterocycles. The molecule has 0 bridgehead atoms. The Morgan fingerprint density at radius 2 is 0.692 bits per heavy atom. The van der Waals surface area contributed by atoms with Crippen molar-refractivity contribution in [3.8, 4) is 0 Å². The van der Waals surface area contributed by atoms with E-state index in [-0.39, 0.29) is 0 Å². The zero-order valence-corrected chi connectivity index (χ0v) is 24.3. The van der Waals surface area contributed by atoms with Gasteiger partial charge >= 0.3 is 23.5 Å². The quantitative estimate of drug-likeness (QED) is 0.0416. The van der Waals surface area contributed by atoms with Gasteiger partial charge in [-0.2, -0.15) is 0 Å². The monoisotopic (exact) mass is 784 g/mol. The molecular formula is C20H32O32. The molecule has 52 heavy (non-hydrogen) atoms. The summed E-state index contributed by atoms with van der Waals surface area (Å²) in [5, 5.41) is 297. The van der Waals surface area contributed by atoms with Crippen LogP contribution in [0, 0.1) is 0 Å². The van der Waals surface area contributed by atoms with Crippen LogP contribution in [0.1, 0.15) is 0 Å². The van der Waals surface area contributed by atoms with E-state index >= 15 is 0 Å². The zero-order chi connectivity index (χ0) is 42.8. The van der Waals surface area contributed by atoms with E-state index in [4.69, 9.17) is 20.4 Å². The Bertz CT molecular complexity index is 1510. The molecule has 0 spiro atoms. The van der Waals surface area contributed by atoms with E-state index in [0.717, 1.165) is 0 Å². The summed E-state index contributed by atoms with van der Waals surface area (Å²) < 4.78 is 0. The number of carboxylic acid groups (broad SMARTS) is 1. The van der Waals surface area contributed by atoms with Gasteiger partial charge in [0.15, 0.2) is 11.9 Å². The van der Waals surface area contributed by atoms with Crippen molar-refractivity contribution >= 4 is 5.97 Å². The fourth-order valence-electron chi connectivity index (χ4n) is 3.08. The summed E-state index contributed by atoms with van der Waals surface area (Å²) in [6.07, 6.45) is -4.30. The smallest absolute Gasteiger partial charge is 0.370 e. The molecule has 0 aliphatic carbocycles. The molecule has 0 fully saturated rings. The van der Waals surface area contributed by atoms with Crippen molar-refractivity contribution in [2.45, 2.75) is 64.2 Å². The maximum Gasteiger partial charge on any atom is 0.370 e. The number of aliphatic hydroxyl groups excluding tert-OH is 9. The lowest BCUT2D eigenvalue weighted by molar-refractivity contribution is -0.568. The standard InChI is InChI=1S/C20H32O32/c21-1(3(23)5(25)13(36,37)17(44,45)18(46,47)19(48,49)20(50,51)52)2(22)4(24)11(32,33)6(26)7(27)12(34,35)8(28)9(29)14(38,39)16(42,43)15(40,41)10(30)31/h5,21-29,32-52H,(H,30,31). The summed E-state index contributed by atoms with van der Waals surface area (Å²) in [5.74, 6) is -81.7. The van der Waals surface area contributed by atoms with Gasteiger partial charge in [-0.05, 0) is 0 Å². The molecule has 0 heterocycles. The predicted molar refractivity (Wildman–Crippen MR) is 137 cm³/mol. The maximum absolute atomic E-state index is 10.8. The van der Waals surface area contributed by atoms with Crippen molar-refractivity contribution in [3.63, 3.8) is 0 Å². The fourth-order valence-corrected chi connectivity index (χ4v) is 3.08. The van der Waals surface area contributed by atoms with Crippen LogP contribution >= 0.6 is 0 Å². The van der Waals surface area contributed by atoms with Gasteiger partial charge in [0.1, 0.15) is 0 Å². The number of carboxylic acids is 1. The lowest BCUT2D eigenvalue weighted by Crippen LogP contribution is -2.82. The maximum atomic E-state index is 10.8. The molecule has 0 aliphatic rings. The highest BCUT2D eigenvalue weighted by Crippen LogP contribution is 2.41. The number of hydrogen-bond donors (Lipinski definition) is 31. The number of aliphatic hydroxyl groups is 30. The molecule has 0 aromatic heterocycles. The first-order valence-corrected chi connectivity index (χ1v) is 12.0. The van der Waals surface area contributed by atoms with Gasteiger partial charge in [0.05, 0.1) is 0 Å². The third-order valence-electron chi connectivity index (χ3n) is 6.65. The molecule has 0 saturated carbocycles. The van der Waals surface area contributed by atoms with Crippen LogP contribution in [0.2, 0.25) is 0 Å². The van der Waals surface area contributed by atoms with Crippen LogP contribution in [0.25, 0.3) is 0 Å². The van der Waals surface area contributed by atoms with E-state index in [9.17, 15) is 143 Å². The third-order valence-corrected chi connectivity index (χ3v) is 6.65. The normalized spacial score (nSPS) is 17.8. The van der Waals surface area contributed by atoms with Gasteiger partial charge in [-0.25, -0.2) is 4.79 Å². The summed E-state index contributed by atoms with van der Waals surface area (Å²) in [6, 6.07) is 0. The highest BCUT2D eigenvalue weighted by molar-refractivity contribution is 5.76. The van der Waals surface area contributed by atoms with Crippen LogP contribution in [-0.2, 0) is 4.79 Å². The Morgan fingerprint density at radius 3 is 1.02 bits per heavy atom. The van der Waals surface area contributed by atoms with Crippen LogP contribution in [0.15, 0.2) is 46.1 Å². The van der Waals surface area contributed by atoms with Crippen molar-refractivity contribution in [2.75, 3.05) is 0 Å². The van der Waals surface area contributed by atoms with Gasteiger partial charge in [0.2, 0.25) is 40.3 Å². The highest BCUT2D eigenvalue weighted by Gasteiger charge is 2.77. The highest BCUT2D eigenvalue weighted by atomic mass is 16.8. The lowest BCUT2D eigenvalue weighted by Gasteiger charge is -2.49. The molecule has 0 aliphatic heterocycles. The Hall–Kier alpha value is -4.05. The van der Waals surface area contributed by atoms with Crippen molar-refractivity contribution < 1.29 is 163 Å². The topological polar surface area (TPSA) is 644 Å². The van der Waals surface area contributed by atoms with Gasteiger partial charge in [-0.15, -0.1) is 0 Å². The van der Waals surface area contributed by atoms with E-state index < -0.39 is 116 Å². The zero-order valence-electron chi connectivity index (χ0n) is 24.3. The second-order valence-corrected chi connectivity index (χ2v) is 10.3. The first-order chi connectivity index (χ1) is 22.4. The first-order valence-electron chi connectivity index (χ1n) is 12.0. The van der Waals surface area contributed by atoms with Gasteiger partial charge in [-0.1, -0.05) is 0 Å². The molecular weight excluding hydrogens is 752 g/mol.